The first-order chi connectivity index (χ1) is 9.97. The van der Waals surface area contributed by atoms with Gasteiger partial charge in [-0.2, -0.15) is 0 Å². The van der Waals surface area contributed by atoms with Crippen molar-refractivity contribution in [2.45, 2.75) is 57.6 Å². The van der Waals surface area contributed by atoms with Crippen LogP contribution in [0.1, 0.15) is 57.2 Å². The van der Waals surface area contributed by atoms with E-state index in [4.69, 9.17) is 15.2 Å². The zero-order valence-electron chi connectivity index (χ0n) is 13.6. The fraction of sp³-hybridized carbons (Fsp3) is 0.667. The third-order valence-electron chi connectivity index (χ3n) is 4.08. The van der Waals surface area contributed by atoms with Crippen molar-refractivity contribution in [1.29, 1.82) is 0 Å². The van der Waals surface area contributed by atoms with Gasteiger partial charge in [-0.05, 0) is 35.8 Å². The van der Waals surface area contributed by atoms with E-state index < -0.39 is 0 Å². The Morgan fingerprint density at radius 2 is 1.95 bits per heavy atom. The molecule has 2 unspecified atom stereocenters. The first-order valence-electron chi connectivity index (χ1n) is 8.02. The van der Waals surface area contributed by atoms with Crippen molar-refractivity contribution in [3.8, 4) is 0 Å². The van der Waals surface area contributed by atoms with Gasteiger partial charge < -0.3 is 15.2 Å². The van der Waals surface area contributed by atoms with E-state index in [2.05, 4.69) is 45.0 Å². The van der Waals surface area contributed by atoms with E-state index in [1.54, 1.807) is 0 Å². The Labute approximate surface area is 128 Å². The van der Waals surface area contributed by atoms with Crippen LogP contribution in [0.15, 0.2) is 24.3 Å². The molecule has 1 saturated heterocycles. The summed E-state index contributed by atoms with van der Waals surface area (Å²) in [6.07, 6.45) is 3.79. The number of hydrogen-bond acceptors (Lipinski definition) is 3. The van der Waals surface area contributed by atoms with E-state index in [1.807, 2.05) is 0 Å². The van der Waals surface area contributed by atoms with Crippen molar-refractivity contribution in [2.24, 2.45) is 5.73 Å². The zero-order valence-corrected chi connectivity index (χ0v) is 13.6. The van der Waals surface area contributed by atoms with Crippen LogP contribution < -0.4 is 5.73 Å². The lowest BCUT2D eigenvalue weighted by Crippen LogP contribution is -2.26. The van der Waals surface area contributed by atoms with Crippen LogP contribution in [0, 0.1) is 0 Å². The molecule has 2 atom stereocenters. The van der Waals surface area contributed by atoms with Crippen LogP contribution in [-0.4, -0.2) is 25.9 Å². The molecule has 1 aromatic carbocycles. The van der Waals surface area contributed by atoms with Crippen molar-refractivity contribution in [3.05, 3.63) is 35.4 Å². The van der Waals surface area contributed by atoms with Crippen LogP contribution in [0.25, 0.3) is 0 Å². The third-order valence-corrected chi connectivity index (χ3v) is 4.08. The largest absolute Gasteiger partial charge is 0.377 e. The first kappa shape index (κ1) is 16.5. The van der Waals surface area contributed by atoms with Gasteiger partial charge in [-0.1, -0.05) is 45.0 Å². The highest BCUT2D eigenvalue weighted by molar-refractivity contribution is 5.29. The normalized spacial score (nSPS) is 21.2. The van der Waals surface area contributed by atoms with Crippen molar-refractivity contribution in [2.75, 3.05) is 19.8 Å². The maximum Gasteiger partial charge on any atom is 0.0808 e. The summed E-state index contributed by atoms with van der Waals surface area (Å²) in [4.78, 5) is 0. The molecule has 2 rings (SSSR count). The maximum atomic E-state index is 6.20. The lowest BCUT2D eigenvalue weighted by atomic mass is 9.86. The summed E-state index contributed by atoms with van der Waals surface area (Å²) < 4.78 is 11.4. The molecule has 0 spiro atoms. The molecule has 118 valence electrons. The fourth-order valence-corrected chi connectivity index (χ4v) is 2.59. The molecule has 3 nitrogen and oxygen atoms in total. The molecule has 0 saturated carbocycles. The fourth-order valence-electron chi connectivity index (χ4n) is 2.59. The summed E-state index contributed by atoms with van der Waals surface area (Å²) in [5.74, 6) is 0. The van der Waals surface area contributed by atoms with E-state index in [9.17, 15) is 0 Å². The minimum atomic E-state index is -0.0670. The molecule has 0 aromatic heterocycles. The summed E-state index contributed by atoms with van der Waals surface area (Å²) in [7, 11) is 0. The first-order valence-corrected chi connectivity index (χ1v) is 8.02. The monoisotopic (exact) mass is 291 g/mol. The van der Waals surface area contributed by atoms with Crippen LogP contribution in [-0.2, 0) is 14.9 Å². The molecule has 2 N–H and O–H groups in total. The Hall–Kier alpha value is -0.900. The van der Waals surface area contributed by atoms with Gasteiger partial charge in [-0.3, -0.25) is 0 Å². The third kappa shape index (κ3) is 5.10. The van der Waals surface area contributed by atoms with Crippen LogP contribution >= 0.6 is 0 Å². The zero-order chi connectivity index (χ0) is 15.3. The Morgan fingerprint density at radius 3 is 2.52 bits per heavy atom. The summed E-state index contributed by atoms with van der Waals surface area (Å²) >= 11 is 0. The molecule has 1 aliphatic heterocycles. The van der Waals surface area contributed by atoms with Gasteiger partial charge in [0.15, 0.2) is 0 Å². The molecule has 0 aliphatic carbocycles. The summed E-state index contributed by atoms with van der Waals surface area (Å²) in [5, 5.41) is 0. The predicted octanol–water partition coefficient (Wildman–Crippen LogP) is 3.57. The lowest BCUT2D eigenvalue weighted by molar-refractivity contribution is -0.0428. The molecule has 0 bridgehead atoms. The smallest absolute Gasteiger partial charge is 0.0808 e. The van der Waals surface area contributed by atoms with Crippen molar-refractivity contribution in [1.82, 2.24) is 0 Å². The molecule has 0 amide bonds. The second kappa shape index (κ2) is 7.39. The van der Waals surface area contributed by atoms with Gasteiger partial charge in [0, 0.05) is 6.61 Å². The molecule has 1 aromatic rings. The molecule has 1 heterocycles. The Morgan fingerprint density at radius 1 is 1.24 bits per heavy atom. The number of hydrogen-bond donors (Lipinski definition) is 1. The number of rotatable bonds is 5. The highest BCUT2D eigenvalue weighted by Crippen LogP contribution is 2.23. The standard InChI is InChI=1S/C18H29NO2/c1-18(2,3)15-9-7-14(8-10-15)17(19)13-20-12-16-6-4-5-11-21-16/h7-10,16-17H,4-6,11-13,19H2,1-3H3. The van der Waals surface area contributed by atoms with Crippen LogP contribution in [0.5, 0.6) is 0 Å². The average molecular weight is 291 g/mol. The van der Waals surface area contributed by atoms with E-state index in [0.29, 0.717) is 13.2 Å². The van der Waals surface area contributed by atoms with Crippen LogP contribution in [0.4, 0.5) is 0 Å². The van der Waals surface area contributed by atoms with Gasteiger partial charge in [-0.25, -0.2) is 0 Å². The highest BCUT2D eigenvalue weighted by Gasteiger charge is 2.16. The number of nitrogens with two attached hydrogens (primary N) is 1. The molecule has 3 heteroatoms. The quantitative estimate of drug-likeness (QED) is 0.902. The van der Waals surface area contributed by atoms with Crippen molar-refractivity contribution in [3.63, 3.8) is 0 Å². The Kier molecular flexibility index (Phi) is 5.80. The van der Waals surface area contributed by atoms with Crippen LogP contribution in [0.3, 0.4) is 0 Å². The van der Waals surface area contributed by atoms with Gasteiger partial charge in [-0.15, -0.1) is 0 Å². The van der Waals surface area contributed by atoms with Gasteiger partial charge in [0.1, 0.15) is 0 Å². The van der Waals surface area contributed by atoms with Crippen molar-refractivity contribution < 1.29 is 9.47 Å². The maximum absolute atomic E-state index is 6.20. The van der Waals surface area contributed by atoms with Gasteiger partial charge in [0.2, 0.25) is 0 Å². The Bertz CT molecular complexity index is 416. The summed E-state index contributed by atoms with van der Waals surface area (Å²) in [6.45, 7) is 8.73. The van der Waals surface area contributed by atoms with Gasteiger partial charge >= 0.3 is 0 Å². The highest BCUT2D eigenvalue weighted by atomic mass is 16.5. The summed E-state index contributed by atoms with van der Waals surface area (Å²) in [6, 6.07) is 8.50. The molecule has 1 aliphatic rings. The molecule has 0 radical (unpaired) electrons. The second-order valence-electron chi connectivity index (χ2n) is 7.00. The van der Waals surface area contributed by atoms with Crippen LogP contribution in [0.2, 0.25) is 0 Å². The van der Waals surface area contributed by atoms with E-state index in [1.165, 1.54) is 18.4 Å². The summed E-state index contributed by atoms with van der Waals surface area (Å²) in [5.41, 5.74) is 8.84. The SMILES string of the molecule is CC(C)(C)c1ccc(C(N)COCC2CCCCO2)cc1. The van der Waals surface area contributed by atoms with E-state index in [-0.39, 0.29) is 17.6 Å². The van der Waals surface area contributed by atoms with Crippen molar-refractivity contribution >= 4 is 0 Å². The lowest BCUT2D eigenvalue weighted by Gasteiger charge is -2.23. The van der Waals surface area contributed by atoms with Gasteiger partial charge in [0.25, 0.3) is 0 Å². The minimum Gasteiger partial charge on any atom is -0.377 e. The molecular weight excluding hydrogens is 262 g/mol. The molecule has 1 fully saturated rings. The van der Waals surface area contributed by atoms with E-state index >= 15 is 0 Å². The number of benzene rings is 1. The average Bonchev–Trinajstić information content (AvgIpc) is 2.47. The van der Waals surface area contributed by atoms with Gasteiger partial charge in [0.05, 0.1) is 25.4 Å². The number of ether oxygens (including phenoxy) is 2. The minimum absolute atomic E-state index is 0.0670. The predicted molar refractivity (Wildman–Crippen MR) is 86.5 cm³/mol. The second-order valence-corrected chi connectivity index (χ2v) is 7.00. The van der Waals surface area contributed by atoms with E-state index in [0.717, 1.165) is 18.6 Å². The topological polar surface area (TPSA) is 44.5 Å². The Balaban J connectivity index is 1.78. The molecular formula is C18H29NO2. The molecule has 21 heavy (non-hydrogen) atoms.